The molecule has 1 heterocycles. The number of rotatable bonds is 4. The highest BCUT2D eigenvalue weighted by Gasteiger charge is 2.24. The lowest BCUT2D eigenvalue weighted by molar-refractivity contribution is 0.669. The summed E-state index contributed by atoms with van der Waals surface area (Å²) < 4.78 is 6.82. The molecule has 0 aliphatic carbocycles. The highest BCUT2D eigenvalue weighted by Crippen LogP contribution is 2.48. The second-order valence-electron chi connectivity index (χ2n) is 12.5. The van der Waals surface area contributed by atoms with E-state index in [4.69, 9.17) is 4.42 Å². The fraction of sp³-hybridized carbons (Fsp3) is 0. The smallest absolute Gasteiger partial charge is 0.160 e. The summed E-state index contributed by atoms with van der Waals surface area (Å²) >= 11 is 0. The Morgan fingerprint density at radius 2 is 0.917 bits per heavy atom. The Balaban J connectivity index is 1.33. The molecule has 0 aliphatic heterocycles. The first-order valence-electron chi connectivity index (χ1n) is 16.4. The molecule has 0 saturated heterocycles. The van der Waals surface area contributed by atoms with Crippen LogP contribution >= 0.6 is 0 Å². The predicted molar refractivity (Wildman–Crippen MR) is 204 cm³/mol. The molecule has 1 aromatic heterocycles. The summed E-state index contributed by atoms with van der Waals surface area (Å²) in [5.41, 5.74) is 7.34. The molecule has 0 unspecified atom stereocenters. The summed E-state index contributed by atoms with van der Waals surface area (Å²) in [6.45, 7) is 0. The average molecular weight is 612 g/mol. The average Bonchev–Trinajstić information content (AvgIpc) is 3.56. The van der Waals surface area contributed by atoms with E-state index in [1.54, 1.807) is 0 Å². The summed E-state index contributed by atoms with van der Waals surface area (Å²) in [7, 11) is 0. The highest BCUT2D eigenvalue weighted by atomic mass is 16.3. The van der Waals surface area contributed by atoms with Crippen LogP contribution in [0.5, 0.6) is 0 Å². The van der Waals surface area contributed by atoms with E-state index in [1.807, 2.05) is 6.07 Å². The molecule has 0 spiro atoms. The quantitative estimate of drug-likeness (QED) is 0.184. The minimum atomic E-state index is 0.879. The van der Waals surface area contributed by atoms with Crippen LogP contribution in [0.25, 0.3) is 76.2 Å². The topological polar surface area (TPSA) is 16.4 Å². The molecule has 0 radical (unpaired) electrons. The van der Waals surface area contributed by atoms with Crippen molar-refractivity contribution in [1.82, 2.24) is 0 Å². The molecule has 0 N–H and O–H groups in total. The van der Waals surface area contributed by atoms with Crippen molar-refractivity contribution in [2.75, 3.05) is 4.90 Å². The van der Waals surface area contributed by atoms with Gasteiger partial charge in [0.25, 0.3) is 0 Å². The first kappa shape index (κ1) is 26.8. The van der Waals surface area contributed by atoms with Crippen LogP contribution in [-0.2, 0) is 0 Å². The maximum Gasteiger partial charge on any atom is 0.160 e. The third-order valence-corrected chi connectivity index (χ3v) is 9.79. The van der Waals surface area contributed by atoms with Gasteiger partial charge in [-0.15, -0.1) is 0 Å². The first-order chi connectivity index (χ1) is 23.8. The summed E-state index contributed by atoms with van der Waals surface area (Å²) in [4.78, 5) is 2.41. The van der Waals surface area contributed by atoms with Crippen LogP contribution in [0.1, 0.15) is 0 Å². The van der Waals surface area contributed by atoms with Crippen molar-refractivity contribution in [3.05, 3.63) is 176 Å². The molecule has 224 valence electrons. The molecular formula is C46H29NO. The Hall–Kier alpha value is -6.38. The largest absolute Gasteiger partial charge is 0.454 e. The van der Waals surface area contributed by atoms with Gasteiger partial charge in [-0.3, -0.25) is 0 Å². The molecule has 0 atom stereocenters. The number of nitrogens with zero attached hydrogens (tertiary/aromatic N) is 1. The fourth-order valence-corrected chi connectivity index (χ4v) is 7.61. The molecule has 48 heavy (non-hydrogen) atoms. The van der Waals surface area contributed by atoms with Crippen molar-refractivity contribution < 1.29 is 4.42 Å². The van der Waals surface area contributed by atoms with E-state index in [0.717, 1.165) is 39.0 Å². The zero-order valence-corrected chi connectivity index (χ0v) is 26.1. The second kappa shape index (κ2) is 10.6. The Morgan fingerprint density at radius 3 is 1.71 bits per heavy atom. The van der Waals surface area contributed by atoms with Crippen LogP contribution in [0.4, 0.5) is 17.1 Å². The van der Waals surface area contributed by atoms with Gasteiger partial charge in [0.1, 0.15) is 5.58 Å². The van der Waals surface area contributed by atoms with E-state index in [0.29, 0.717) is 0 Å². The minimum Gasteiger partial charge on any atom is -0.454 e. The Kier molecular flexibility index (Phi) is 5.91. The van der Waals surface area contributed by atoms with Crippen LogP contribution in [0.3, 0.4) is 0 Å². The first-order valence-corrected chi connectivity index (χ1v) is 16.4. The molecule has 10 rings (SSSR count). The van der Waals surface area contributed by atoms with Crippen molar-refractivity contribution in [3.63, 3.8) is 0 Å². The third-order valence-electron chi connectivity index (χ3n) is 9.79. The SMILES string of the molecule is c1ccc(-c2ccc(N(c3cc4ccc5ccccc5c4c4ccccc34)c3cc4ccccc4c4c3oc3ccccc34)cc2)cc1. The van der Waals surface area contributed by atoms with Gasteiger partial charge in [-0.25, -0.2) is 0 Å². The van der Waals surface area contributed by atoms with E-state index < -0.39 is 0 Å². The third kappa shape index (κ3) is 4.06. The number of hydrogen-bond acceptors (Lipinski definition) is 2. The molecule has 0 fully saturated rings. The fourth-order valence-electron chi connectivity index (χ4n) is 7.61. The highest BCUT2D eigenvalue weighted by molar-refractivity contribution is 6.26. The molecule has 0 amide bonds. The summed E-state index contributed by atoms with van der Waals surface area (Å²) in [5.74, 6) is 0. The summed E-state index contributed by atoms with van der Waals surface area (Å²) in [6.07, 6.45) is 0. The van der Waals surface area contributed by atoms with Crippen molar-refractivity contribution in [1.29, 1.82) is 0 Å². The Bertz CT molecular complexity index is 2830. The van der Waals surface area contributed by atoms with Gasteiger partial charge in [-0.1, -0.05) is 146 Å². The monoisotopic (exact) mass is 611 g/mol. The van der Waals surface area contributed by atoms with Crippen molar-refractivity contribution in [2.24, 2.45) is 0 Å². The van der Waals surface area contributed by atoms with Crippen LogP contribution in [-0.4, -0.2) is 0 Å². The molecule has 0 saturated carbocycles. The number of para-hydroxylation sites is 1. The van der Waals surface area contributed by atoms with Crippen LogP contribution < -0.4 is 4.90 Å². The molecule has 0 bridgehead atoms. The van der Waals surface area contributed by atoms with Gasteiger partial charge in [0, 0.05) is 21.8 Å². The Morgan fingerprint density at radius 1 is 0.354 bits per heavy atom. The standard InChI is InChI=1S/C46H29NO/c1-2-12-30(13-3-1)31-24-26-35(27-25-31)47(42-28-33-15-5-7-17-37(33)45-40-20-10-11-21-43(40)48-46(42)45)41-29-34-23-22-32-14-4-6-16-36(32)44(34)39-19-9-8-18-38(39)41/h1-29H. The number of benzene rings is 9. The molecular weight excluding hydrogens is 583 g/mol. The lowest BCUT2D eigenvalue weighted by Gasteiger charge is -2.28. The second-order valence-corrected chi connectivity index (χ2v) is 12.5. The number of anilines is 3. The molecule has 2 heteroatoms. The predicted octanol–water partition coefficient (Wildman–Crippen LogP) is 13.3. The van der Waals surface area contributed by atoms with E-state index in [9.17, 15) is 0 Å². The van der Waals surface area contributed by atoms with E-state index in [-0.39, 0.29) is 0 Å². The molecule has 2 nitrogen and oxygen atoms in total. The normalized spacial score (nSPS) is 11.8. The summed E-state index contributed by atoms with van der Waals surface area (Å²) in [6, 6.07) is 63.2. The lowest BCUT2D eigenvalue weighted by atomic mass is 9.94. The summed E-state index contributed by atoms with van der Waals surface area (Å²) in [5, 5.41) is 12.0. The number of hydrogen-bond donors (Lipinski definition) is 0. The van der Waals surface area contributed by atoms with Gasteiger partial charge in [-0.05, 0) is 79.2 Å². The van der Waals surface area contributed by atoms with Gasteiger partial charge in [0.15, 0.2) is 5.58 Å². The van der Waals surface area contributed by atoms with Gasteiger partial charge in [-0.2, -0.15) is 0 Å². The van der Waals surface area contributed by atoms with Crippen LogP contribution in [0.15, 0.2) is 180 Å². The van der Waals surface area contributed by atoms with Gasteiger partial charge >= 0.3 is 0 Å². The molecule has 10 aromatic rings. The van der Waals surface area contributed by atoms with Crippen molar-refractivity contribution in [3.8, 4) is 11.1 Å². The van der Waals surface area contributed by atoms with Crippen LogP contribution in [0.2, 0.25) is 0 Å². The number of fused-ring (bicyclic) bond motifs is 10. The molecule has 0 aliphatic rings. The lowest BCUT2D eigenvalue weighted by Crippen LogP contribution is -2.11. The van der Waals surface area contributed by atoms with Crippen molar-refractivity contribution in [2.45, 2.75) is 0 Å². The Labute approximate surface area is 277 Å². The minimum absolute atomic E-state index is 0.879. The van der Waals surface area contributed by atoms with Gasteiger partial charge < -0.3 is 9.32 Å². The van der Waals surface area contributed by atoms with Gasteiger partial charge in [0.05, 0.1) is 11.4 Å². The molecule has 9 aromatic carbocycles. The maximum atomic E-state index is 6.82. The van der Waals surface area contributed by atoms with Crippen molar-refractivity contribution >= 4 is 82.1 Å². The van der Waals surface area contributed by atoms with Gasteiger partial charge in [0.2, 0.25) is 0 Å². The van der Waals surface area contributed by atoms with Crippen LogP contribution in [0, 0.1) is 0 Å². The zero-order valence-electron chi connectivity index (χ0n) is 26.1. The van der Waals surface area contributed by atoms with E-state index >= 15 is 0 Å². The van der Waals surface area contributed by atoms with E-state index in [2.05, 4.69) is 175 Å². The number of furan rings is 1. The van der Waals surface area contributed by atoms with E-state index in [1.165, 1.54) is 54.2 Å². The zero-order chi connectivity index (χ0) is 31.6. The maximum absolute atomic E-state index is 6.82.